The van der Waals surface area contributed by atoms with Crippen molar-refractivity contribution in [2.24, 2.45) is 24.6 Å². The third-order valence-electron chi connectivity index (χ3n) is 3.21. The van der Waals surface area contributed by atoms with E-state index in [1.54, 1.807) is 4.68 Å². The molecule has 4 heteroatoms. The van der Waals surface area contributed by atoms with E-state index in [-0.39, 0.29) is 6.04 Å². The average Bonchev–Trinajstić information content (AvgIpc) is 2.73. The summed E-state index contributed by atoms with van der Waals surface area (Å²) in [5, 5.41) is 7.99. The van der Waals surface area contributed by atoms with Crippen LogP contribution in [0.15, 0.2) is 6.20 Å². The van der Waals surface area contributed by atoms with Gasteiger partial charge in [0, 0.05) is 13.2 Å². The van der Waals surface area contributed by atoms with Gasteiger partial charge >= 0.3 is 0 Å². The lowest BCUT2D eigenvalue weighted by Crippen LogP contribution is -2.19. The minimum absolute atomic E-state index is 0.0775. The van der Waals surface area contributed by atoms with E-state index in [0.29, 0.717) is 5.92 Å². The highest BCUT2D eigenvalue weighted by Crippen LogP contribution is 2.36. The fourth-order valence-corrected chi connectivity index (χ4v) is 2.34. The summed E-state index contributed by atoms with van der Waals surface area (Å²) < 4.78 is 1.72. The molecule has 2 rings (SSSR count). The van der Waals surface area contributed by atoms with E-state index < -0.39 is 0 Å². The van der Waals surface area contributed by atoms with Gasteiger partial charge in [0.1, 0.15) is 0 Å². The number of rotatable bonds is 2. The molecule has 3 atom stereocenters. The second-order valence-corrected chi connectivity index (χ2v) is 4.52. The summed E-state index contributed by atoms with van der Waals surface area (Å²) in [6.45, 7) is 2.30. The minimum atomic E-state index is 0.0775. The van der Waals surface area contributed by atoms with Gasteiger partial charge in [-0.2, -0.15) is 0 Å². The Balaban J connectivity index is 2.05. The lowest BCUT2D eigenvalue weighted by molar-refractivity contribution is 0.421. The summed E-state index contributed by atoms with van der Waals surface area (Å²) in [4.78, 5) is 0. The molecule has 1 aliphatic rings. The monoisotopic (exact) mass is 194 g/mol. The quantitative estimate of drug-likeness (QED) is 0.771. The Labute approximate surface area is 84.5 Å². The summed E-state index contributed by atoms with van der Waals surface area (Å²) in [5.74, 6) is 1.42. The van der Waals surface area contributed by atoms with E-state index in [1.807, 2.05) is 13.2 Å². The molecule has 0 aliphatic heterocycles. The Bertz CT molecular complexity index is 307. The molecule has 0 aromatic carbocycles. The molecule has 1 saturated carbocycles. The van der Waals surface area contributed by atoms with Crippen molar-refractivity contribution in [3.05, 3.63) is 11.9 Å². The zero-order chi connectivity index (χ0) is 10.1. The van der Waals surface area contributed by atoms with Gasteiger partial charge in [-0.1, -0.05) is 18.6 Å². The summed E-state index contributed by atoms with van der Waals surface area (Å²) in [6.07, 6.45) is 5.70. The normalized spacial score (nSPS) is 29.4. The van der Waals surface area contributed by atoms with Crippen LogP contribution in [0.2, 0.25) is 0 Å². The molecule has 0 radical (unpaired) electrons. The van der Waals surface area contributed by atoms with Crippen molar-refractivity contribution in [2.45, 2.75) is 32.2 Å². The van der Waals surface area contributed by atoms with Crippen LogP contribution >= 0.6 is 0 Å². The molecule has 1 aromatic heterocycles. The van der Waals surface area contributed by atoms with Gasteiger partial charge in [-0.3, -0.25) is 4.68 Å². The highest BCUT2D eigenvalue weighted by Gasteiger charge is 2.28. The molecule has 4 nitrogen and oxygen atoms in total. The van der Waals surface area contributed by atoms with E-state index >= 15 is 0 Å². The molecule has 2 N–H and O–H groups in total. The van der Waals surface area contributed by atoms with Crippen LogP contribution in [0.3, 0.4) is 0 Å². The average molecular weight is 194 g/mol. The molecule has 3 unspecified atom stereocenters. The van der Waals surface area contributed by atoms with Crippen molar-refractivity contribution in [3.8, 4) is 0 Å². The first kappa shape index (κ1) is 9.65. The molecule has 1 heterocycles. The van der Waals surface area contributed by atoms with Crippen LogP contribution in [-0.4, -0.2) is 15.0 Å². The van der Waals surface area contributed by atoms with Crippen molar-refractivity contribution < 1.29 is 0 Å². The van der Waals surface area contributed by atoms with Gasteiger partial charge in [-0.25, -0.2) is 0 Å². The van der Waals surface area contributed by atoms with E-state index in [9.17, 15) is 0 Å². The summed E-state index contributed by atoms with van der Waals surface area (Å²) in [6, 6.07) is 0.0775. The molecule has 1 aliphatic carbocycles. The molecule has 0 spiro atoms. The first-order valence-corrected chi connectivity index (χ1v) is 5.28. The van der Waals surface area contributed by atoms with Gasteiger partial charge in [0.05, 0.1) is 11.7 Å². The van der Waals surface area contributed by atoms with Gasteiger partial charge in [-0.05, 0) is 24.7 Å². The third-order valence-corrected chi connectivity index (χ3v) is 3.21. The fourth-order valence-electron chi connectivity index (χ4n) is 2.34. The van der Waals surface area contributed by atoms with E-state index in [2.05, 4.69) is 17.2 Å². The summed E-state index contributed by atoms with van der Waals surface area (Å²) in [5.41, 5.74) is 7.10. The Kier molecular flexibility index (Phi) is 2.54. The first-order valence-electron chi connectivity index (χ1n) is 5.28. The van der Waals surface area contributed by atoms with Crippen molar-refractivity contribution in [2.75, 3.05) is 0 Å². The highest BCUT2D eigenvalue weighted by molar-refractivity contribution is 5.02. The fraction of sp³-hybridized carbons (Fsp3) is 0.800. The van der Waals surface area contributed by atoms with Crippen LogP contribution in [0.5, 0.6) is 0 Å². The van der Waals surface area contributed by atoms with Gasteiger partial charge in [0.15, 0.2) is 0 Å². The Hall–Kier alpha value is -0.900. The standard InChI is InChI=1S/C10H18N4/c1-7-3-4-8(5-7)10(11)9-6-14(2)13-12-9/h6-8,10H,3-5,11H2,1-2H3. The maximum Gasteiger partial charge on any atom is 0.0996 e. The van der Waals surface area contributed by atoms with Crippen LogP contribution in [0.1, 0.15) is 37.9 Å². The van der Waals surface area contributed by atoms with Crippen LogP contribution in [0, 0.1) is 11.8 Å². The van der Waals surface area contributed by atoms with Gasteiger partial charge in [0.25, 0.3) is 0 Å². The second kappa shape index (κ2) is 3.69. The van der Waals surface area contributed by atoms with Crippen LogP contribution in [0.25, 0.3) is 0 Å². The minimum Gasteiger partial charge on any atom is -0.322 e. The van der Waals surface area contributed by atoms with Gasteiger partial charge in [-0.15, -0.1) is 5.10 Å². The third kappa shape index (κ3) is 1.80. The molecule has 78 valence electrons. The zero-order valence-corrected chi connectivity index (χ0v) is 8.85. The van der Waals surface area contributed by atoms with Gasteiger partial charge < -0.3 is 5.73 Å². The van der Waals surface area contributed by atoms with Crippen molar-refractivity contribution in [1.82, 2.24) is 15.0 Å². The number of aryl methyl sites for hydroxylation is 1. The number of nitrogens with two attached hydrogens (primary N) is 1. The first-order chi connectivity index (χ1) is 6.66. The van der Waals surface area contributed by atoms with Crippen molar-refractivity contribution in [3.63, 3.8) is 0 Å². The predicted octanol–water partition coefficient (Wildman–Crippen LogP) is 1.25. The number of hydrogen-bond acceptors (Lipinski definition) is 3. The SMILES string of the molecule is CC1CCC(C(N)c2cn(C)nn2)C1. The van der Waals surface area contributed by atoms with Crippen molar-refractivity contribution in [1.29, 1.82) is 0 Å². The van der Waals surface area contributed by atoms with E-state index in [4.69, 9.17) is 5.73 Å². The topological polar surface area (TPSA) is 56.7 Å². The smallest absolute Gasteiger partial charge is 0.0996 e. The highest BCUT2D eigenvalue weighted by atomic mass is 15.4. The second-order valence-electron chi connectivity index (χ2n) is 4.52. The molecule has 1 aromatic rings. The number of nitrogens with zero attached hydrogens (tertiary/aromatic N) is 3. The Morgan fingerprint density at radius 3 is 2.86 bits per heavy atom. The molecule has 1 fully saturated rings. The summed E-state index contributed by atoms with van der Waals surface area (Å²) in [7, 11) is 1.88. The molecular weight excluding hydrogens is 176 g/mol. The van der Waals surface area contributed by atoms with Crippen LogP contribution in [0.4, 0.5) is 0 Å². The molecular formula is C10H18N4. The Morgan fingerprint density at radius 1 is 1.57 bits per heavy atom. The van der Waals surface area contributed by atoms with Crippen molar-refractivity contribution >= 4 is 0 Å². The summed E-state index contributed by atoms with van der Waals surface area (Å²) >= 11 is 0. The molecule has 0 saturated heterocycles. The maximum absolute atomic E-state index is 6.16. The van der Waals surface area contributed by atoms with Gasteiger partial charge in [0.2, 0.25) is 0 Å². The molecule has 0 amide bonds. The lowest BCUT2D eigenvalue weighted by Gasteiger charge is -2.15. The number of aromatic nitrogens is 3. The zero-order valence-electron chi connectivity index (χ0n) is 8.85. The predicted molar refractivity (Wildman–Crippen MR) is 54.4 cm³/mol. The largest absolute Gasteiger partial charge is 0.322 e. The van der Waals surface area contributed by atoms with E-state index in [0.717, 1.165) is 11.6 Å². The Morgan fingerprint density at radius 2 is 2.36 bits per heavy atom. The van der Waals surface area contributed by atoms with Crippen LogP contribution in [-0.2, 0) is 7.05 Å². The molecule has 14 heavy (non-hydrogen) atoms. The maximum atomic E-state index is 6.16. The molecule has 0 bridgehead atoms. The lowest BCUT2D eigenvalue weighted by atomic mass is 9.96. The van der Waals surface area contributed by atoms with Crippen LogP contribution < -0.4 is 5.73 Å². The number of hydrogen-bond donors (Lipinski definition) is 1. The van der Waals surface area contributed by atoms with E-state index in [1.165, 1.54) is 19.3 Å².